The van der Waals surface area contributed by atoms with Gasteiger partial charge in [0.25, 0.3) is 6.29 Å². The highest BCUT2D eigenvalue weighted by atomic mass is 16.7. The van der Waals surface area contributed by atoms with Crippen molar-refractivity contribution in [2.75, 3.05) is 47.5 Å². The smallest absolute Gasteiger partial charge is 0.361 e. The molecule has 0 saturated carbocycles. The minimum atomic E-state index is -1.51. The quantitative estimate of drug-likeness (QED) is 0.0214. The second-order valence-electron chi connectivity index (χ2n) is 16.3. The summed E-state index contributed by atoms with van der Waals surface area (Å²) in [7, 11) is 5.94. The number of quaternary nitrogens is 1. The molecule has 0 heterocycles. The van der Waals surface area contributed by atoms with Crippen molar-refractivity contribution in [3.05, 3.63) is 48.6 Å². The zero-order valence-electron chi connectivity index (χ0n) is 37.2. The summed E-state index contributed by atoms with van der Waals surface area (Å²) >= 11 is 0. The van der Waals surface area contributed by atoms with E-state index in [1.807, 2.05) is 21.1 Å². The average Bonchev–Trinajstić information content (AvgIpc) is 3.17. The maximum Gasteiger partial charge on any atom is 0.361 e. The van der Waals surface area contributed by atoms with Crippen molar-refractivity contribution in [1.29, 1.82) is 0 Å². The van der Waals surface area contributed by atoms with Crippen molar-refractivity contribution in [2.24, 2.45) is 0 Å². The average molecular weight is 805 g/mol. The molecular formula is C48H86NO8+. The normalized spacial score (nSPS) is 13.4. The summed E-state index contributed by atoms with van der Waals surface area (Å²) in [5.74, 6) is -2.04. The first-order valence-corrected chi connectivity index (χ1v) is 22.8. The van der Waals surface area contributed by atoms with Crippen LogP contribution in [0, 0.1) is 0 Å². The van der Waals surface area contributed by atoms with Crippen molar-refractivity contribution in [3.63, 3.8) is 0 Å². The molecule has 0 aromatic heterocycles. The van der Waals surface area contributed by atoms with Gasteiger partial charge in [0.2, 0.25) is 0 Å². The number of carbonyl (C=O) groups is 3. The number of ether oxygens (including phenoxy) is 4. The molecule has 0 spiro atoms. The van der Waals surface area contributed by atoms with Crippen LogP contribution in [0.25, 0.3) is 0 Å². The van der Waals surface area contributed by atoms with E-state index in [9.17, 15) is 19.5 Å². The van der Waals surface area contributed by atoms with Gasteiger partial charge in [-0.25, -0.2) is 4.79 Å². The second kappa shape index (κ2) is 40.0. The Hall–Kier alpha value is -2.75. The number of aliphatic carboxylic acids is 1. The number of carboxylic acid groups (broad SMARTS) is 1. The number of carbonyl (C=O) groups excluding carboxylic acids is 2. The minimum Gasteiger partial charge on any atom is -0.477 e. The fourth-order valence-electron chi connectivity index (χ4n) is 6.02. The van der Waals surface area contributed by atoms with Gasteiger partial charge in [0.1, 0.15) is 13.2 Å². The van der Waals surface area contributed by atoms with E-state index < -0.39 is 24.3 Å². The van der Waals surface area contributed by atoms with Crippen LogP contribution in [-0.2, 0) is 33.3 Å². The van der Waals surface area contributed by atoms with Crippen LogP contribution in [0.1, 0.15) is 181 Å². The Morgan fingerprint density at radius 2 is 1.00 bits per heavy atom. The van der Waals surface area contributed by atoms with Crippen LogP contribution in [0.3, 0.4) is 0 Å². The topological polar surface area (TPSA) is 108 Å². The summed E-state index contributed by atoms with van der Waals surface area (Å²) in [5.41, 5.74) is 0. The van der Waals surface area contributed by atoms with E-state index in [4.69, 9.17) is 18.9 Å². The third-order valence-electron chi connectivity index (χ3n) is 9.57. The third kappa shape index (κ3) is 41.2. The molecular weight excluding hydrogens is 719 g/mol. The third-order valence-corrected chi connectivity index (χ3v) is 9.57. The Morgan fingerprint density at radius 3 is 1.51 bits per heavy atom. The summed E-state index contributed by atoms with van der Waals surface area (Å²) in [6.07, 6.45) is 43.1. The maximum absolute atomic E-state index is 12.7. The molecule has 0 rings (SSSR count). The fraction of sp³-hybridized carbons (Fsp3) is 0.771. The highest BCUT2D eigenvalue weighted by Gasteiger charge is 2.25. The molecule has 57 heavy (non-hydrogen) atoms. The van der Waals surface area contributed by atoms with Crippen LogP contribution in [0.2, 0.25) is 0 Å². The number of allylic oxidation sites excluding steroid dienone is 8. The number of carboxylic acids is 1. The minimum absolute atomic E-state index is 0.182. The zero-order chi connectivity index (χ0) is 42.1. The molecule has 1 N–H and O–H groups in total. The lowest BCUT2D eigenvalue weighted by Crippen LogP contribution is -2.40. The van der Waals surface area contributed by atoms with E-state index in [0.29, 0.717) is 23.9 Å². The molecule has 0 bridgehead atoms. The Labute approximate surface area is 349 Å². The van der Waals surface area contributed by atoms with Crippen LogP contribution in [0.4, 0.5) is 0 Å². The van der Waals surface area contributed by atoms with Gasteiger partial charge in [0.15, 0.2) is 6.10 Å². The highest BCUT2D eigenvalue weighted by molar-refractivity contribution is 5.71. The summed E-state index contributed by atoms with van der Waals surface area (Å²) in [6, 6.07) is 0. The van der Waals surface area contributed by atoms with Gasteiger partial charge in [-0.2, -0.15) is 0 Å². The molecule has 2 atom stereocenters. The first kappa shape index (κ1) is 54.2. The first-order valence-electron chi connectivity index (χ1n) is 22.8. The molecule has 0 aromatic rings. The van der Waals surface area contributed by atoms with Gasteiger partial charge in [0.05, 0.1) is 34.4 Å². The van der Waals surface area contributed by atoms with E-state index in [1.165, 1.54) is 77.0 Å². The molecule has 330 valence electrons. The molecule has 0 aliphatic carbocycles. The molecule has 0 aliphatic rings. The highest BCUT2D eigenvalue weighted by Crippen LogP contribution is 2.13. The zero-order valence-corrected chi connectivity index (χ0v) is 37.2. The van der Waals surface area contributed by atoms with Crippen LogP contribution >= 0.6 is 0 Å². The molecule has 9 heteroatoms. The number of hydrogen-bond donors (Lipinski definition) is 1. The van der Waals surface area contributed by atoms with Crippen molar-refractivity contribution in [2.45, 2.75) is 193 Å². The van der Waals surface area contributed by atoms with Gasteiger partial charge in [-0.05, 0) is 70.6 Å². The number of likely N-dealkylation sites (N-methyl/N-ethyl adjacent to an activating group) is 1. The SMILES string of the molecule is CC/C=C\C/C=C\C/C=C\CCCCCCCC(=O)OC(COC(=O)CCCCCCCCC/C=C\CCCCCCCC)COC(OCC[N+](C)(C)C)C(=O)O. The molecule has 0 amide bonds. The number of nitrogens with zero attached hydrogens (tertiary/aromatic N) is 1. The molecule has 0 aromatic carbocycles. The summed E-state index contributed by atoms with van der Waals surface area (Å²) in [6.45, 7) is 4.72. The van der Waals surface area contributed by atoms with E-state index in [0.717, 1.165) is 70.6 Å². The number of unbranched alkanes of at least 4 members (excludes halogenated alkanes) is 18. The van der Waals surface area contributed by atoms with E-state index in [2.05, 4.69) is 62.5 Å². The van der Waals surface area contributed by atoms with E-state index >= 15 is 0 Å². The first-order chi connectivity index (χ1) is 27.6. The van der Waals surface area contributed by atoms with Crippen LogP contribution in [-0.4, -0.2) is 87.4 Å². The van der Waals surface area contributed by atoms with Gasteiger partial charge < -0.3 is 28.5 Å². The van der Waals surface area contributed by atoms with Crippen LogP contribution < -0.4 is 0 Å². The predicted molar refractivity (Wildman–Crippen MR) is 235 cm³/mol. The number of hydrogen-bond acceptors (Lipinski definition) is 7. The number of rotatable bonds is 41. The molecule has 2 unspecified atom stereocenters. The van der Waals surface area contributed by atoms with Gasteiger partial charge in [-0.15, -0.1) is 0 Å². The Morgan fingerprint density at radius 1 is 0.544 bits per heavy atom. The van der Waals surface area contributed by atoms with Gasteiger partial charge >= 0.3 is 17.9 Å². The summed E-state index contributed by atoms with van der Waals surface area (Å²) in [5, 5.41) is 9.63. The Kier molecular flexibility index (Phi) is 38.1. The van der Waals surface area contributed by atoms with Gasteiger partial charge in [-0.3, -0.25) is 9.59 Å². The molecule has 0 saturated heterocycles. The van der Waals surface area contributed by atoms with Crippen molar-refractivity contribution < 1.29 is 42.9 Å². The summed E-state index contributed by atoms with van der Waals surface area (Å²) in [4.78, 5) is 37.1. The maximum atomic E-state index is 12.7. The van der Waals surface area contributed by atoms with E-state index in [-0.39, 0.29) is 32.2 Å². The second-order valence-corrected chi connectivity index (χ2v) is 16.3. The fourth-order valence-corrected chi connectivity index (χ4v) is 6.02. The van der Waals surface area contributed by atoms with Crippen molar-refractivity contribution in [1.82, 2.24) is 0 Å². The molecule has 0 radical (unpaired) electrons. The standard InChI is InChI=1S/C48H85NO8/c1-6-8-10-12-14-16-18-20-22-23-25-26-28-30-32-34-36-38-45(50)55-42-44(43-56-48(47(52)53)54-41-40-49(3,4)5)57-46(51)39-37-35-33-31-29-27-24-21-19-17-15-13-11-9-7-2/h9,11,15,17,20-22,24,44,48H,6-8,10,12-14,16,18-19,23,25-43H2,1-5H3/p+1/b11-9-,17-15-,22-20-,24-21-. The Balaban J connectivity index is 4.45. The molecule has 9 nitrogen and oxygen atoms in total. The number of esters is 2. The molecule has 0 fully saturated rings. The predicted octanol–water partition coefficient (Wildman–Crippen LogP) is 12.0. The van der Waals surface area contributed by atoms with Crippen molar-refractivity contribution in [3.8, 4) is 0 Å². The van der Waals surface area contributed by atoms with Gasteiger partial charge in [0, 0.05) is 12.8 Å². The molecule has 0 aliphatic heterocycles. The largest absolute Gasteiger partial charge is 0.477 e. The monoisotopic (exact) mass is 805 g/mol. The lowest BCUT2D eigenvalue weighted by Gasteiger charge is -2.25. The summed E-state index contributed by atoms with van der Waals surface area (Å²) < 4.78 is 22.7. The van der Waals surface area contributed by atoms with Crippen LogP contribution in [0.15, 0.2) is 48.6 Å². The van der Waals surface area contributed by atoms with Gasteiger partial charge in [-0.1, -0.05) is 146 Å². The lowest BCUT2D eigenvalue weighted by atomic mass is 10.1. The van der Waals surface area contributed by atoms with Crippen LogP contribution in [0.5, 0.6) is 0 Å². The Bertz CT molecular complexity index is 1080. The van der Waals surface area contributed by atoms with E-state index in [1.54, 1.807) is 0 Å². The lowest BCUT2D eigenvalue weighted by molar-refractivity contribution is -0.870. The van der Waals surface area contributed by atoms with Crippen molar-refractivity contribution >= 4 is 17.9 Å².